The number of piperidine rings is 1. The van der Waals surface area contributed by atoms with Crippen LogP contribution >= 0.6 is 34.5 Å². The van der Waals surface area contributed by atoms with Crippen LogP contribution in [-0.4, -0.2) is 34.0 Å². The van der Waals surface area contributed by atoms with Gasteiger partial charge in [0.25, 0.3) is 5.91 Å². The molecular weight excluding hydrogens is 333 g/mol. The van der Waals surface area contributed by atoms with Crippen LogP contribution in [0.1, 0.15) is 40.8 Å². The lowest BCUT2D eigenvalue weighted by molar-refractivity contribution is 0.0704. The van der Waals surface area contributed by atoms with Crippen molar-refractivity contribution in [1.82, 2.24) is 15.0 Å². The largest absolute Gasteiger partial charge is 0.340 e. The monoisotopic (exact) mass is 345 g/mol. The first kappa shape index (κ1) is 14.8. The average Bonchev–Trinajstić information content (AvgIpc) is 3.04. The van der Waals surface area contributed by atoms with E-state index < -0.39 is 0 Å². The summed E-state index contributed by atoms with van der Waals surface area (Å²) in [6.45, 7) is 3.03. The molecule has 0 bridgehead atoms. The van der Waals surface area contributed by atoms with Gasteiger partial charge in [-0.15, -0.1) is 11.3 Å². The number of hydrogen-bond acceptors (Lipinski definition) is 5. The van der Waals surface area contributed by atoms with Crippen LogP contribution in [0.4, 0.5) is 0 Å². The maximum atomic E-state index is 12.5. The van der Waals surface area contributed by atoms with E-state index in [0.717, 1.165) is 12.8 Å². The minimum Gasteiger partial charge on any atom is -0.340 e. The number of rotatable bonds is 2. The first-order chi connectivity index (χ1) is 10.0. The molecule has 0 unspecified atom stereocenters. The van der Waals surface area contributed by atoms with E-state index in [-0.39, 0.29) is 11.8 Å². The van der Waals surface area contributed by atoms with Gasteiger partial charge in [0.1, 0.15) is 4.34 Å². The molecule has 0 saturated carbocycles. The smallest absolute Gasteiger partial charge is 0.256 e. The van der Waals surface area contributed by atoms with Gasteiger partial charge in [0.2, 0.25) is 5.89 Å². The van der Waals surface area contributed by atoms with E-state index in [9.17, 15) is 4.79 Å². The van der Waals surface area contributed by atoms with Crippen molar-refractivity contribution in [2.75, 3.05) is 13.1 Å². The number of aryl methyl sites for hydroxylation is 1. The van der Waals surface area contributed by atoms with Gasteiger partial charge in [-0.05, 0) is 18.9 Å². The fraction of sp³-hybridized carbons (Fsp3) is 0.462. The van der Waals surface area contributed by atoms with Gasteiger partial charge in [0, 0.05) is 25.9 Å². The van der Waals surface area contributed by atoms with Crippen molar-refractivity contribution in [3.05, 3.63) is 32.0 Å². The van der Waals surface area contributed by atoms with Crippen LogP contribution in [0.5, 0.6) is 0 Å². The molecule has 2 aromatic heterocycles. The second-order valence-electron chi connectivity index (χ2n) is 5.00. The number of likely N-dealkylation sites (tertiary alicyclic amines) is 1. The Labute approximate surface area is 135 Å². The van der Waals surface area contributed by atoms with E-state index in [1.165, 1.54) is 11.3 Å². The van der Waals surface area contributed by atoms with Gasteiger partial charge in [0.15, 0.2) is 5.82 Å². The molecule has 1 aliphatic heterocycles. The maximum absolute atomic E-state index is 12.5. The number of amides is 1. The number of hydrogen-bond donors (Lipinski definition) is 0. The lowest BCUT2D eigenvalue weighted by atomic mass is 9.97. The molecule has 1 atom stereocenters. The van der Waals surface area contributed by atoms with E-state index in [4.69, 9.17) is 27.7 Å². The van der Waals surface area contributed by atoms with Crippen LogP contribution in [0.25, 0.3) is 0 Å². The molecule has 0 spiro atoms. The molecule has 8 heteroatoms. The third-order valence-corrected chi connectivity index (χ3v) is 4.99. The van der Waals surface area contributed by atoms with Crippen molar-refractivity contribution in [2.24, 2.45) is 0 Å². The van der Waals surface area contributed by atoms with Crippen molar-refractivity contribution >= 4 is 40.4 Å². The fourth-order valence-corrected chi connectivity index (χ4v) is 3.96. The Morgan fingerprint density at radius 1 is 1.52 bits per heavy atom. The van der Waals surface area contributed by atoms with Gasteiger partial charge >= 0.3 is 0 Å². The second-order valence-corrected chi connectivity index (χ2v) is 7.29. The predicted octanol–water partition coefficient (Wildman–Crippen LogP) is 3.77. The molecule has 3 rings (SSSR count). The Morgan fingerprint density at radius 2 is 2.33 bits per heavy atom. The Kier molecular flexibility index (Phi) is 4.19. The molecule has 112 valence electrons. The van der Waals surface area contributed by atoms with Crippen LogP contribution in [-0.2, 0) is 0 Å². The normalized spacial score (nSPS) is 19.0. The first-order valence-corrected chi connectivity index (χ1v) is 8.16. The molecule has 1 amide bonds. The van der Waals surface area contributed by atoms with Crippen molar-refractivity contribution in [3.63, 3.8) is 0 Å². The van der Waals surface area contributed by atoms with Crippen molar-refractivity contribution in [2.45, 2.75) is 25.7 Å². The number of halogens is 2. The van der Waals surface area contributed by atoms with Crippen LogP contribution in [0.3, 0.4) is 0 Å². The van der Waals surface area contributed by atoms with E-state index in [1.807, 2.05) is 0 Å². The number of carbonyl (C=O) groups is 1. The summed E-state index contributed by atoms with van der Waals surface area (Å²) >= 11 is 13.2. The van der Waals surface area contributed by atoms with Gasteiger partial charge in [0.05, 0.1) is 9.90 Å². The lowest BCUT2D eigenvalue weighted by Crippen LogP contribution is -2.39. The van der Waals surface area contributed by atoms with Gasteiger partial charge < -0.3 is 9.42 Å². The number of aromatic nitrogens is 2. The summed E-state index contributed by atoms with van der Waals surface area (Å²) in [6, 6.07) is 1.62. The van der Waals surface area contributed by atoms with Crippen LogP contribution in [0.15, 0.2) is 10.6 Å². The van der Waals surface area contributed by atoms with Crippen LogP contribution < -0.4 is 0 Å². The Hall–Kier alpha value is -1.11. The molecule has 0 aromatic carbocycles. The first-order valence-electron chi connectivity index (χ1n) is 6.59. The van der Waals surface area contributed by atoms with Gasteiger partial charge in [-0.3, -0.25) is 4.79 Å². The Morgan fingerprint density at radius 3 is 2.95 bits per heavy atom. The van der Waals surface area contributed by atoms with Crippen molar-refractivity contribution < 1.29 is 9.32 Å². The van der Waals surface area contributed by atoms with Crippen LogP contribution in [0.2, 0.25) is 8.67 Å². The van der Waals surface area contributed by atoms with E-state index in [0.29, 0.717) is 39.0 Å². The topological polar surface area (TPSA) is 59.2 Å². The summed E-state index contributed by atoms with van der Waals surface area (Å²) in [5.74, 6) is 1.22. The summed E-state index contributed by atoms with van der Waals surface area (Å²) < 4.78 is 5.97. The quantitative estimate of drug-likeness (QED) is 0.831. The van der Waals surface area contributed by atoms with Crippen molar-refractivity contribution in [3.8, 4) is 0 Å². The SMILES string of the molecule is Cc1nc([C@@H]2CCCN(C(=O)c3cc(Cl)sc3Cl)C2)no1. The second kappa shape index (κ2) is 5.94. The van der Waals surface area contributed by atoms with Gasteiger partial charge in [-0.2, -0.15) is 4.98 Å². The molecular formula is C13H13Cl2N3O2S. The van der Waals surface area contributed by atoms with Crippen LogP contribution in [0, 0.1) is 6.92 Å². The fourth-order valence-electron chi connectivity index (χ4n) is 2.51. The minimum atomic E-state index is -0.0898. The molecule has 5 nitrogen and oxygen atoms in total. The highest BCUT2D eigenvalue weighted by molar-refractivity contribution is 7.20. The number of thiophene rings is 1. The predicted molar refractivity (Wildman–Crippen MR) is 81.3 cm³/mol. The molecule has 21 heavy (non-hydrogen) atoms. The summed E-state index contributed by atoms with van der Waals surface area (Å²) in [6.07, 6.45) is 1.85. The molecule has 0 N–H and O–H groups in total. The summed E-state index contributed by atoms with van der Waals surface area (Å²) in [4.78, 5) is 18.6. The third kappa shape index (κ3) is 3.07. The third-order valence-electron chi connectivity index (χ3n) is 3.50. The zero-order chi connectivity index (χ0) is 15.0. The molecule has 2 aromatic rings. The van der Waals surface area contributed by atoms with Crippen molar-refractivity contribution in [1.29, 1.82) is 0 Å². The molecule has 0 aliphatic carbocycles. The van der Waals surface area contributed by atoms with Gasteiger partial charge in [-0.1, -0.05) is 28.4 Å². The van der Waals surface area contributed by atoms with E-state index >= 15 is 0 Å². The summed E-state index contributed by atoms with van der Waals surface area (Å²) in [5.41, 5.74) is 0.469. The van der Waals surface area contributed by atoms with Gasteiger partial charge in [-0.25, -0.2) is 0 Å². The molecule has 3 heterocycles. The zero-order valence-electron chi connectivity index (χ0n) is 11.3. The minimum absolute atomic E-state index is 0.0898. The average molecular weight is 346 g/mol. The standard InChI is InChI=1S/C13H13Cl2N3O2S/c1-7-16-12(17-20-7)8-3-2-4-18(6-8)13(19)9-5-10(14)21-11(9)15/h5,8H,2-4,6H2,1H3/t8-/m1/s1. The zero-order valence-corrected chi connectivity index (χ0v) is 13.6. The highest BCUT2D eigenvalue weighted by Gasteiger charge is 2.29. The summed E-state index contributed by atoms with van der Waals surface area (Å²) in [7, 11) is 0. The number of nitrogens with zero attached hydrogens (tertiary/aromatic N) is 3. The number of carbonyl (C=O) groups excluding carboxylic acids is 1. The molecule has 1 aliphatic rings. The Balaban J connectivity index is 1.77. The molecule has 1 saturated heterocycles. The molecule has 1 fully saturated rings. The highest BCUT2D eigenvalue weighted by Crippen LogP contribution is 2.33. The van der Waals surface area contributed by atoms with E-state index in [2.05, 4.69) is 10.1 Å². The molecule has 0 radical (unpaired) electrons. The maximum Gasteiger partial charge on any atom is 0.256 e. The lowest BCUT2D eigenvalue weighted by Gasteiger charge is -2.31. The summed E-state index contributed by atoms with van der Waals surface area (Å²) in [5, 5.41) is 3.96. The highest BCUT2D eigenvalue weighted by atomic mass is 35.5. The Bertz CT molecular complexity index is 670. The van der Waals surface area contributed by atoms with E-state index in [1.54, 1.807) is 17.9 Å².